The summed E-state index contributed by atoms with van der Waals surface area (Å²) in [6, 6.07) is 0. The third-order valence-electron chi connectivity index (χ3n) is 0. The van der Waals surface area contributed by atoms with Crippen molar-refractivity contribution in [2.75, 3.05) is 0 Å². The van der Waals surface area contributed by atoms with Crippen LogP contribution in [0.1, 0.15) is 0 Å². The van der Waals surface area contributed by atoms with Crippen molar-refractivity contribution in [3.05, 3.63) is 0 Å². The molecule has 8 heavy (non-hydrogen) atoms. The molecule has 0 aliphatic rings. The standard InChI is InChI=1S/CH2O2.BH3O3.Na.H/c2-1-3;2-1(3)4;;/h1H,(H,2,3);2-4H;;. The molecule has 0 saturated heterocycles. The molecule has 0 amide bonds. The summed E-state index contributed by atoms with van der Waals surface area (Å²) in [7, 11) is -2.17. The van der Waals surface area contributed by atoms with Crippen molar-refractivity contribution < 1.29 is 25.0 Å². The predicted octanol–water partition coefficient (Wildman–Crippen LogP) is -3.00. The maximum atomic E-state index is 8.36. The molecule has 0 bridgehead atoms. The van der Waals surface area contributed by atoms with E-state index in [1.807, 2.05) is 0 Å². The minimum absolute atomic E-state index is 0. The first kappa shape index (κ1) is 15.8. The summed E-state index contributed by atoms with van der Waals surface area (Å²) in [6.07, 6.45) is 0. The average Bonchev–Trinajstić information content (AvgIpc) is 1.33. The van der Waals surface area contributed by atoms with Crippen molar-refractivity contribution >= 4 is 43.4 Å². The number of carbonyl (C=O) groups is 1. The summed E-state index contributed by atoms with van der Waals surface area (Å²) in [5.41, 5.74) is 0. The topological polar surface area (TPSA) is 98.0 Å². The minimum atomic E-state index is -2.17. The van der Waals surface area contributed by atoms with Gasteiger partial charge in [0.15, 0.2) is 0 Å². The quantitative estimate of drug-likeness (QED) is 0.208. The zero-order chi connectivity index (χ0) is 6.28. The normalized spacial score (nSPS) is 4.88. The molecule has 44 valence electrons. The van der Waals surface area contributed by atoms with Gasteiger partial charge in [0, 0.05) is 0 Å². The van der Waals surface area contributed by atoms with Crippen LogP contribution >= 0.6 is 0 Å². The van der Waals surface area contributed by atoms with Crippen molar-refractivity contribution in [2.45, 2.75) is 0 Å². The Kier molecular flexibility index (Phi) is 30.9. The number of rotatable bonds is 0. The number of carboxylic acid groups (broad SMARTS) is 1. The first-order valence-electron chi connectivity index (χ1n) is 1.27. The molecular weight excluding hydrogens is 126 g/mol. The van der Waals surface area contributed by atoms with Crippen molar-refractivity contribution in [1.82, 2.24) is 0 Å². The van der Waals surface area contributed by atoms with Gasteiger partial charge < -0.3 is 20.2 Å². The van der Waals surface area contributed by atoms with Crippen LogP contribution in [0.3, 0.4) is 0 Å². The van der Waals surface area contributed by atoms with Gasteiger partial charge in [-0.2, -0.15) is 0 Å². The van der Waals surface area contributed by atoms with E-state index in [0.29, 0.717) is 0 Å². The third kappa shape index (κ3) is 1090. The van der Waals surface area contributed by atoms with Crippen molar-refractivity contribution in [2.24, 2.45) is 0 Å². The van der Waals surface area contributed by atoms with Crippen LogP contribution in [0.5, 0.6) is 0 Å². The Hall–Kier alpha value is 0.415. The van der Waals surface area contributed by atoms with Crippen LogP contribution in [0, 0.1) is 0 Å². The van der Waals surface area contributed by atoms with Crippen LogP contribution < -0.4 is 0 Å². The van der Waals surface area contributed by atoms with E-state index in [1.165, 1.54) is 0 Å². The molecule has 7 heteroatoms. The Morgan fingerprint density at radius 2 is 1.25 bits per heavy atom. The van der Waals surface area contributed by atoms with Gasteiger partial charge in [0.25, 0.3) is 6.47 Å². The molecular formula is CH6BNaO5. The van der Waals surface area contributed by atoms with Crippen LogP contribution in [0.4, 0.5) is 0 Å². The monoisotopic (exact) mass is 132 g/mol. The third-order valence-corrected chi connectivity index (χ3v) is 0. The average molecular weight is 132 g/mol. The van der Waals surface area contributed by atoms with Gasteiger partial charge in [0.05, 0.1) is 0 Å². The Balaban J connectivity index is -0.0000000575. The Labute approximate surface area is 68.4 Å². The van der Waals surface area contributed by atoms with Crippen molar-refractivity contribution in [3.8, 4) is 0 Å². The SMILES string of the molecule is O=CO.OB(O)O.[NaH]. The van der Waals surface area contributed by atoms with Crippen LogP contribution in [0.25, 0.3) is 0 Å². The fourth-order valence-corrected chi connectivity index (χ4v) is 0. The summed E-state index contributed by atoms with van der Waals surface area (Å²) in [5, 5.41) is 28.4. The second kappa shape index (κ2) is 15.7. The van der Waals surface area contributed by atoms with Gasteiger partial charge in [-0.15, -0.1) is 0 Å². The Morgan fingerprint density at radius 3 is 1.25 bits per heavy atom. The zero-order valence-corrected chi connectivity index (χ0v) is 3.35. The van der Waals surface area contributed by atoms with E-state index in [-0.39, 0.29) is 36.0 Å². The van der Waals surface area contributed by atoms with Gasteiger partial charge >= 0.3 is 36.9 Å². The van der Waals surface area contributed by atoms with E-state index >= 15 is 0 Å². The van der Waals surface area contributed by atoms with Crippen LogP contribution in [0.15, 0.2) is 0 Å². The van der Waals surface area contributed by atoms with Gasteiger partial charge in [0.2, 0.25) is 0 Å². The van der Waals surface area contributed by atoms with Crippen LogP contribution in [-0.2, 0) is 4.79 Å². The van der Waals surface area contributed by atoms with E-state index in [2.05, 4.69) is 0 Å². The van der Waals surface area contributed by atoms with Crippen LogP contribution in [0.2, 0.25) is 0 Å². The zero-order valence-electron chi connectivity index (χ0n) is 3.35. The molecule has 4 N–H and O–H groups in total. The molecule has 0 aromatic heterocycles. The first-order chi connectivity index (χ1) is 3.15. The summed E-state index contributed by atoms with van der Waals surface area (Å²) in [4.78, 5) is 8.36. The first-order valence-corrected chi connectivity index (χ1v) is 1.27. The van der Waals surface area contributed by atoms with Gasteiger partial charge in [-0.25, -0.2) is 0 Å². The molecule has 0 aromatic carbocycles. The fraction of sp³-hybridized carbons (Fsp3) is 0. The molecule has 0 rings (SSSR count). The Bertz CT molecular complexity index is 36.7. The van der Waals surface area contributed by atoms with Gasteiger partial charge in [0.1, 0.15) is 0 Å². The van der Waals surface area contributed by atoms with Crippen LogP contribution in [-0.4, -0.2) is 63.5 Å². The predicted molar refractivity (Wildman–Crippen MR) is 28.3 cm³/mol. The summed E-state index contributed by atoms with van der Waals surface area (Å²) < 4.78 is 0. The molecule has 0 atom stereocenters. The van der Waals surface area contributed by atoms with E-state index in [9.17, 15) is 0 Å². The molecule has 0 radical (unpaired) electrons. The van der Waals surface area contributed by atoms with E-state index < -0.39 is 7.32 Å². The molecule has 0 fully saturated rings. The molecule has 0 spiro atoms. The molecule has 0 heterocycles. The molecule has 5 nitrogen and oxygen atoms in total. The van der Waals surface area contributed by atoms with Crippen molar-refractivity contribution in [3.63, 3.8) is 0 Å². The maximum absolute atomic E-state index is 8.36. The van der Waals surface area contributed by atoms with Crippen molar-refractivity contribution in [1.29, 1.82) is 0 Å². The molecule has 0 aliphatic carbocycles. The molecule has 0 aliphatic heterocycles. The van der Waals surface area contributed by atoms with Gasteiger partial charge in [-0.05, 0) is 0 Å². The number of hydrogen-bond donors (Lipinski definition) is 4. The van der Waals surface area contributed by atoms with Gasteiger partial charge in [-0.1, -0.05) is 0 Å². The second-order valence-corrected chi connectivity index (χ2v) is 0.452. The summed E-state index contributed by atoms with van der Waals surface area (Å²) >= 11 is 0. The molecule has 0 saturated carbocycles. The molecule has 0 unspecified atom stereocenters. The van der Waals surface area contributed by atoms with Gasteiger partial charge in [-0.3, -0.25) is 4.79 Å². The summed E-state index contributed by atoms with van der Waals surface area (Å²) in [5.74, 6) is 0. The Morgan fingerprint density at radius 1 is 1.25 bits per heavy atom. The fourth-order valence-electron chi connectivity index (χ4n) is 0. The molecule has 0 aromatic rings. The number of hydrogen-bond acceptors (Lipinski definition) is 4. The second-order valence-electron chi connectivity index (χ2n) is 0.452. The van der Waals surface area contributed by atoms with E-state index in [0.717, 1.165) is 0 Å². The summed E-state index contributed by atoms with van der Waals surface area (Å²) in [6.45, 7) is -0.250. The van der Waals surface area contributed by atoms with E-state index in [1.54, 1.807) is 0 Å². The van der Waals surface area contributed by atoms with E-state index in [4.69, 9.17) is 25.0 Å².